The van der Waals surface area contributed by atoms with Crippen LogP contribution >= 0.6 is 0 Å². The van der Waals surface area contributed by atoms with Crippen LogP contribution in [0.25, 0.3) is 17.0 Å². The zero-order chi connectivity index (χ0) is 24.5. The van der Waals surface area contributed by atoms with Gasteiger partial charge in [-0.2, -0.15) is 0 Å². The van der Waals surface area contributed by atoms with Gasteiger partial charge in [-0.3, -0.25) is 0 Å². The maximum Gasteiger partial charge on any atom is 0.237 e. The third-order valence-corrected chi connectivity index (χ3v) is 6.54. The van der Waals surface area contributed by atoms with Gasteiger partial charge in [-0.1, -0.05) is 13.0 Å². The molecule has 180 valence electrons. The molecule has 0 saturated carbocycles. The van der Waals surface area contributed by atoms with Gasteiger partial charge in [-0.15, -0.1) is 0 Å². The maximum absolute atomic E-state index is 11.6. The van der Waals surface area contributed by atoms with Crippen molar-refractivity contribution >= 4 is 15.5 Å². The Morgan fingerprint density at radius 3 is 2.44 bits per heavy atom. The molecule has 3 heterocycles. The van der Waals surface area contributed by atoms with Gasteiger partial charge >= 0.3 is 0 Å². The largest absolute Gasteiger partial charge is 0.488 e. The van der Waals surface area contributed by atoms with Gasteiger partial charge in [0.2, 0.25) is 5.88 Å². The normalized spacial score (nSPS) is 18.8. The van der Waals surface area contributed by atoms with Gasteiger partial charge in [0.15, 0.2) is 14.9 Å². The minimum atomic E-state index is -3.46. The number of benzene rings is 1. The lowest BCUT2D eigenvalue weighted by Crippen LogP contribution is -2.22. The summed E-state index contributed by atoms with van der Waals surface area (Å²) < 4.78 is 34.9. The van der Waals surface area contributed by atoms with E-state index in [1.165, 1.54) is 6.20 Å². The van der Waals surface area contributed by atoms with Gasteiger partial charge in [0.1, 0.15) is 17.6 Å². The molecular weight excluding hydrogens is 456 g/mol. The molecule has 3 N–H and O–H groups in total. The predicted octanol–water partition coefficient (Wildman–Crippen LogP) is 3.40. The third kappa shape index (κ3) is 5.40. The number of nitrogens with zero attached hydrogens (tertiary/aromatic N) is 2. The number of ether oxygens (including phenoxy) is 2. The highest BCUT2D eigenvalue weighted by molar-refractivity contribution is 7.90. The molecule has 10 heteroatoms. The quantitative estimate of drug-likeness (QED) is 0.444. The zero-order valence-corrected chi connectivity index (χ0v) is 20.3. The lowest BCUT2D eigenvalue weighted by molar-refractivity contribution is 0.129. The Balaban J connectivity index is 1.64. The van der Waals surface area contributed by atoms with Crippen LogP contribution in [-0.2, 0) is 9.84 Å². The van der Waals surface area contributed by atoms with Gasteiger partial charge in [-0.25, -0.2) is 18.4 Å². The first-order valence-corrected chi connectivity index (χ1v) is 12.8. The predicted molar refractivity (Wildman–Crippen MR) is 128 cm³/mol. The van der Waals surface area contributed by atoms with E-state index in [9.17, 15) is 13.5 Å². The molecule has 0 saturated heterocycles. The van der Waals surface area contributed by atoms with Crippen LogP contribution in [0.5, 0.6) is 17.4 Å². The summed E-state index contributed by atoms with van der Waals surface area (Å²) in [6.07, 6.45) is 5.27. The highest BCUT2D eigenvalue weighted by Crippen LogP contribution is 2.33. The highest BCUT2D eigenvalue weighted by atomic mass is 32.2. The fourth-order valence-corrected chi connectivity index (χ4v) is 4.00. The summed E-state index contributed by atoms with van der Waals surface area (Å²) in [7, 11) is -3.46. The molecule has 0 radical (unpaired) electrons. The Hall–Kier alpha value is -3.37. The molecule has 0 bridgehead atoms. The summed E-state index contributed by atoms with van der Waals surface area (Å²) in [4.78, 5) is 11.4. The Labute approximate surface area is 198 Å². The first kappa shape index (κ1) is 23.8. The van der Waals surface area contributed by atoms with Crippen LogP contribution in [0.15, 0.2) is 53.8 Å². The van der Waals surface area contributed by atoms with Crippen molar-refractivity contribution in [3.8, 4) is 28.6 Å². The number of H-pyrrole nitrogens is 1. The molecule has 0 amide bonds. The Kier molecular flexibility index (Phi) is 6.63. The average Bonchev–Trinajstić information content (AvgIpc) is 3.40. The molecule has 1 aliphatic heterocycles. The molecule has 0 fully saturated rings. The molecule has 1 aliphatic rings. The monoisotopic (exact) mass is 484 g/mol. The standard InChI is InChI=1S/C24H28N4O5S/c1-14-7-22(27-16(14)3)21-6-5-20(28-21)17-8-18(32-15(2)13-29)10-19(9-17)33-23-11-26-24(12-25-23)34(4,30)31/h5-12,14-16,27-29H,13H2,1-4H3/t14-,15+,16+/m1/s1. The van der Waals surface area contributed by atoms with Crippen LogP contribution < -0.4 is 14.8 Å². The van der Waals surface area contributed by atoms with Gasteiger partial charge in [0.05, 0.1) is 30.4 Å². The SMILES string of the molecule is C[C@@H]1C=C(c2ccc(-c3cc(Oc4cnc(S(C)(=O)=O)cn4)cc(O[C@@H](C)CO)c3)[nH]2)N[C@H]1C. The van der Waals surface area contributed by atoms with E-state index in [1.807, 2.05) is 24.3 Å². The molecular formula is C24H28N4O5S. The van der Waals surface area contributed by atoms with E-state index < -0.39 is 15.9 Å². The first-order chi connectivity index (χ1) is 16.1. The van der Waals surface area contributed by atoms with E-state index in [-0.39, 0.29) is 17.5 Å². The van der Waals surface area contributed by atoms with E-state index in [0.717, 1.165) is 35.1 Å². The lowest BCUT2D eigenvalue weighted by atomic mass is 10.1. The van der Waals surface area contributed by atoms with E-state index in [0.29, 0.717) is 23.5 Å². The molecule has 0 aliphatic carbocycles. The van der Waals surface area contributed by atoms with Crippen molar-refractivity contribution in [1.29, 1.82) is 0 Å². The summed E-state index contributed by atoms with van der Waals surface area (Å²) in [5.74, 6) is 1.51. The summed E-state index contributed by atoms with van der Waals surface area (Å²) in [5.41, 5.74) is 3.70. The Bertz CT molecular complexity index is 1300. The second-order valence-electron chi connectivity index (χ2n) is 8.53. The van der Waals surface area contributed by atoms with Gasteiger partial charge in [-0.05, 0) is 44.0 Å². The summed E-state index contributed by atoms with van der Waals surface area (Å²) in [6.45, 7) is 5.94. The van der Waals surface area contributed by atoms with Crippen molar-refractivity contribution in [2.24, 2.45) is 5.92 Å². The van der Waals surface area contributed by atoms with E-state index in [1.54, 1.807) is 13.0 Å². The van der Waals surface area contributed by atoms with E-state index in [2.05, 4.69) is 40.2 Å². The minimum absolute atomic E-state index is 0.133. The third-order valence-electron chi connectivity index (χ3n) is 5.57. The number of aliphatic hydroxyl groups is 1. The number of hydrogen-bond acceptors (Lipinski definition) is 8. The van der Waals surface area contributed by atoms with Crippen molar-refractivity contribution in [3.63, 3.8) is 0 Å². The molecule has 9 nitrogen and oxygen atoms in total. The van der Waals surface area contributed by atoms with Crippen molar-refractivity contribution in [2.75, 3.05) is 12.9 Å². The Morgan fingerprint density at radius 2 is 1.82 bits per heavy atom. The lowest BCUT2D eigenvalue weighted by Gasteiger charge is -2.15. The maximum atomic E-state index is 11.6. The van der Waals surface area contributed by atoms with E-state index in [4.69, 9.17) is 9.47 Å². The smallest absolute Gasteiger partial charge is 0.237 e. The number of aromatic amines is 1. The fraction of sp³-hybridized carbons (Fsp3) is 0.333. The summed E-state index contributed by atoms with van der Waals surface area (Å²) in [5, 5.41) is 12.8. The zero-order valence-electron chi connectivity index (χ0n) is 19.4. The Morgan fingerprint density at radius 1 is 1.09 bits per heavy atom. The number of sulfone groups is 1. The minimum Gasteiger partial charge on any atom is -0.488 e. The molecule has 0 spiro atoms. The van der Waals surface area contributed by atoms with Crippen LogP contribution in [0, 0.1) is 5.92 Å². The molecule has 1 aromatic carbocycles. The molecule has 3 aromatic rings. The van der Waals surface area contributed by atoms with Crippen LogP contribution in [0.1, 0.15) is 26.5 Å². The van der Waals surface area contributed by atoms with Gasteiger partial charge in [0.25, 0.3) is 0 Å². The van der Waals surface area contributed by atoms with E-state index >= 15 is 0 Å². The second-order valence-corrected chi connectivity index (χ2v) is 10.5. The molecule has 34 heavy (non-hydrogen) atoms. The summed E-state index contributed by atoms with van der Waals surface area (Å²) in [6, 6.07) is 9.71. The van der Waals surface area contributed by atoms with Gasteiger partial charge in [0, 0.05) is 29.6 Å². The summed E-state index contributed by atoms with van der Waals surface area (Å²) >= 11 is 0. The van der Waals surface area contributed by atoms with Crippen molar-refractivity contribution in [3.05, 3.63) is 54.5 Å². The molecule has 0 unspecified atom stereocenters. The average molecular weight is 485 g/mol. The molecule has 4 rings (SSSR count). The fourth-order valence-electron chi connectivity index (χ4n) is 3.51. The van der Waals surface area contributed by atoms with Crippen LogP contribution in [0.4, 0.5) is 0 Å². The first-order valence-electron chi connectivity index (χ1n) is 10.9. The molecule has 3 atom stereocenters. The van der Waals surface area contributed by atoms with Crippen molar-refractivity contribution in [2.45, 2.75) is 37.9 Å². The van der Waals surface area contributed by atoms with Crippen LogP contribution in [-0.4, -0.2) is 53.5 Å². The van der Waals surface area contributed by atoms with Crippen molar-refractivity contribution in [1.82, 2.24) is 20.3 Å². The number of hydrogen-bond donors (Lipinski definition) is 3. The number of nitrogens with one attached hydrogen (secondary N) is 2. The van der Waals surface area contributed by atoms with Crippen molar-refractivity contribution < 1.29 is 23.0 Å². The topological polar surface area (TPSA) is 126 Å². The number of aromatic nitrogens is 3. The number of aliphatic hydroxyl groups excluding tert-OH is 1. The highest BCUT2D eigenvalue weighted by Gasteiger charge is 2.21. The van der Waals surface area contributed by atoms with Crippen LogP contribution in [0.3, 0.4) is 0 Å². The molecule has 2 aromatic heterocycles. The second kappa shape index (κ2) is 9.47. The van der Waals surface area contributed by atoms with Crippen LogP contribution in [0.2, 0.25) is 0 Å². The van der Waals surface area contributed by atoms with Gasteiger partial charge < -0.3 is 24.9 Å². The number of rotatable bonds is 8.